The Morgan fingerprint density at radius 3 is 2.70 bits per heavy atom. The Morgan fingerprint density at radius 2 is 2.04 bits per heavy atom. The summed E-state index contributed by atoms with van der Waals surface area (Å²) < 4.78 is 5.52. The molecule has 0 amide bonds. The molecule has 23 heavy (non-hydrogen) atoms. The number of nitrogens with one attached hydrogen (secondary N) is 1. The van der Waals surface area contributed by atoms with Crippen LogP contribution in [0.5, 0.6) is 0 Å². The number of aromatic nitrogens is 2. The van der Waals surface area contributed by atoms with Gasteiger partial charge in [0.05, 0.1) is 10.8 Å². The molecule has 0 spiro atoms. The van der Waals surface area contributed by atoms with Crippen LogP contribution < -0.4 is 16.5 Å². The number of aromatic carboxylic acids is 1. The van der Waals surface area contributed by atoms with Gasteiger partial charge in [-0.1, -0.05) is 0 Å². The van der Waals surface area contributed by atoms with E-state index in [4.69, 9.17) is 15.3 Å². The Balaban J connectivity index is 2.02. The van der Waals surface area contributed by atoms with E-state index in [0.717, 1.165) is 18.7 Å². The number of hydrogen-bond donors (Lipinski definition) is 3. The Kier molecular flexibility index (Phi) is 2.82. The Bertz CT molecular complexity index is 1020. The lowest BCUT2D eigenvalue weighted by molar-refractivity contribution is 0.0698. The van der Waals surface area contributed by atoms with E-state index in [1.54, 1.807) is 12.3 Å². The third kappa shape index (κ3) is 2.03. The molecule has 8 nitrogen and oxygen atoms in total. The molecule has 1 aliphatic heterocycles. The summed E-state index contributed by atoms with van der Waals surface area (Å²) >= 11 is 0. The second kappa shape index (κ2) is 4.75. The van der Waals surface area contributed by atoms with Gasteiger partial charge in [0.2, 0.25) is 16.9 Å². The van der Waals surface area contributed by atoms with Crippen molar-refractivity contribution < 1.29 is 14.3 Å². The molecule has 4 heterocycles. The molecule has 0 radical (unpaired) electrons. The first-order chi connectivity index (χ1) is 11.0. The predicted molar refractivity (Wildman–Crippen MR) is 82.6 cm³/mol. The number of fused-ring (bicyclic) bond motifs is 2. The average molecular weight is 312 g/mol. The zero-order chi connectivity index (χ0) is 16.1. The summed E-state index contributed by atoms with van der Waals surface area (Å²) in [7, 11) is 0. The van der Waals surface area contributed by atoms with Gasteiger partial charge in [-0.2, -0.15) is 4.98 Å². The molecule has 0 atom stereocenters. The van der Waals surface area contributed by atoms with Crippen molar-refractivity contribution in [3.8, 4) is 0 Å². The van der Waals surface area contributed by atoms with Gasteiger partial charge in [-0.05, 0) is 17.7 Å². The molecule has 0 aliphatic carbocycles. The summed E-state index contributed by atoms with van der Waals surface area (Å²) in [5.41, 5.74) is 6.09. The second-order valence-electron chi connectivity index (χ2n) is 5.49. The standard InChI is InChI=1S/C15H12N4O4/c16-12-10(15(21)22)2-9-11(20)8-1-6(7-3-17-4-7)5-18-13(8)23-14(9)19-12/h1-2,5,7,17H,3-4H2,(H2,16,19)(H,21,22). The van der Waals surface area contributed by atoms with Crippen molar-refractivity contribution in [3.63, 3.8) is 0 Å². The van der Waals surface area contributed by atoms with Crippen LogP contribution in [0.3, 0.4) is 0 Å². The van der Waals surface area contributed by atoms with E-state index in [0.29, 0.717) is 11.3 Å². The van der Waals surface area contributed by atoms with Crippen LogP contribution in [-0.2, 0) is 0 Å². The lowest BCUT2D eigenvalue weighted by Gasteiger charge is -2.27. The molecule has 0 unspecified atom stereocenters. The van der Waals surface area contributed by atoms with Gasteiger partial charge in [0.15, 0.2) is 0 Å². The Hall–Kier alpha value is -3.00. The van der Waals surface area contributed by atoms with E-state index in [-0.39, 0.29) is 33.6 Å². The smallest absolute Gasteiger partial charge is 0.339 e. The van der Waals surface area contributed by atoms with Gasteiger partial charge in [0, 0.05) is 25.2 Å². The second-order valence-corrected chi connectivity index (χ2v) is 5.49. The largest absolute Gasteiger partial charge is 0.478 e. The van der Waals surface area contributed by atoms with Crippen LogP contribution in [0.4, 0.5) is 5.82 Å². The SMILES string of the molecule is Nc1nc2oc3ncc(C4CNC4)cc3c(=O)c2cc1C(=O)O. The summed E-state index contributed by atoms with van der Waals surface area (Å²) in [4.78, 5) is 31.9. The van der Waals surface area contributed by atoms with Crippen LogP contribution >= 0.6 is 0 Å². The van der Waals surface area contributed by atoms with E-state index in [1.165, 1.54) is 6.07 Å². The van der Waals surface area contributed by atoms with Crippen LogP contribution in [0, 0.1) is 0 Å². The molecule has 116 valence electrons. The molecular weight excluding hydrogens is 300 g/mol. The van der Waals surface area contributed by atoms with Crippen LogP contribution in [-0.4, -0.2) is 34.1 Å². The van der Waals surface area contributed by atoms with E-state index in [2.05, 4.69) is 15.3 Å². The third-order valence-electron chi connectivity index (χ3n) is 4.06. The van der Waals surface area contributed by atoms with E-state index >= 15 is 0 Å². The highest BCUT2D eigenvalue weighted by Gasteiger charge is 2.21. The highest BCUT2D eigenvalue weighted by Crippen LogP contribution is 2.24. The predicted octanol–water partition coefficient (Wildman–Crippen LogP) is 0.703. The molecule has 1 fully saturated rings. The normalized spacial score (nSPS) is 15.0. The Labute approximate surface area is 128 Å². The summed E-state index contributed by atoms with van der Waals surface area (Å²) in [5, 5.41) is 12.7. The van der Waals surface area contributed by atoms with Gasteiger partial charge < -0.3 is 20.6 Å². The molecule has 3 aromatic heterocycles. The van der Waals surface area contributed by atoms with Gasteiger partial charge in [-0.25, -0.2) is 9.78 Å². The van der Waals surface area contributed by atoms with Gasteiger partial charge in [-0.15, -0.1) is 0 Å². The van der Waals surface area contributed by atoms with Crippen molar-refractivity contribution in [2.24, 2.45) is 0 Å². The first kappa shape index (κ1) is 13.6. The number of pyridine rings is 2. The average Bonchev–Trinajstić information content (AvgIpc) is 2.45. The van der Waals surface area contributed by atoms with Crippen LogP contribution in [0.1, 0.15) is 21.8 Å². The number of rotatable bonds is 2. The number of nitrogens with two attached hydrogens (primary N) is 1. The quantitative estimate of drug-likeness (QED) is 0.589. The number of nitrogen functional groups attached to an aromatic ring is 1. The lowest BCUT2D eigenvalue weighted by atomic mass is 9.94. The van der Waals surface area contributed by atoms with E-state index in [1.807, 2.05) is 0 Å². The third-order valence-corrected chi connectivity index (χ3v) is 4.06. The van der Waals surface area contributed by atoms with Crippen molar-refractivity contribution in [2.75, 3.05) is 18.8 Å². The highest BCUT2D eigenvalue weighted by atomic mass is 16.4. The van der Waals surface area contributed by atoms with E-state index in [9.17, 15) is 9.59 Å². The van der Waals surface area contributed by atoms with Crippen molar-refractivity contribution in [1.29, 1.82) is 0 Å². The topological polar surface area (TPSA) is 131 Å². The minimum atomic E-state index is -1.25. The number of carboxylic acid groups (broad SMARTS) is 1. The van der Waals surface area contributed by atoms with Crippen molar-refractivity contribution in [2.45, 2.75) is 5.92 Å². The molecule has 4 rings (SSSR count). The van der Waals surface area contributed by atoms with Crippen LogP contribution in [0.25, 0.3) is 22.2 Å². The molecule has 4 N–H and O–H groups in total. The molecule has 3 aromatic rings. The number of anilines is 1. The molecule has 1 saturated heterocycles. The first-order valence-electron chi connectivity index (χ1n) is 7.01. The lowest BCUT2D eigenvalue weighted by Crippen LogP contribution is -2.39. The molecule has 1 aliphatic rings. The van der Waals surface area contributed by atoms with Crippen molar-refractivity contribution >= 4 is 34.0 Å². The van der Waals surface area contributed by atoms with Gasteiger partial charge in [0.25, 0.3) is 0 Å². The maximum Gasteiger partial charge on any atom is 0.339 e. The first-order valence-corrected chi connectivity index (χ1v) is 7.01. The van der Waals surface area contributed by atoms with Gasteiger partial charge >= 0.3 is 5.97 Å². The molecule has 8 heteroatoms. The number of carboxylic acids is 1. The van der Waals surface area contributed by atoms with Gasteiger partial charge in [-0.3, -0.25) is 4.79 Å². The van der Waals surface area contributed by atoms with Crippen molar-refractivity contribution in [3.05, 3.63) is 39.7 Å². The number of carbonyl (C=O) groups is 1. The fraction of sp³-hybridized carbons (Fsp3) is 0.200. The minimum Gasteiger partial charge on any atom is -0.478 e. The number of hydrogen-bond acceptors (Lipinski definition) is 7. The zero-order valence-electron chi connectivity index (χ0n) is 11.9. The van der Waals surface area contributed by atoms with Gasteiger partial charge in [0.1, 0.15) is 11.4 Å². The molecule has 0 bridgehead atoms. The fourth-order valence-corrected chi connectivity index (χ4v) is 2.62. The maximum absolute atomic E-state index is 12.7. The highest BCUT2D eigenvalue weighted by molar-refractivity contribution is 5.98. The van der Waals surface area contributed by atoms with E-state index < -0.39 is 5.97 Å². The number of nitrogens with zero attached hydrogens (tertiary/aromatic N) is 2. The maximum atomic E-state index is 12.7. The summed E-state index contributed by atoms with van der Waals surface area (Å²) in [6.07, 6.45) is 1.68. The molecule has 0 saturated carbocycles. The van der Waals surface area contributed by atoms with Crippen LogP contribution in [0.15, 0.2) is 27.5 Å². The summed E-state index contributed by atoms with van der Waals surface area (Å²) in [5.74, 6) is -1.13. The summed E-state index contributed by atoms with van der Waals surface area (Å²) in [6, 6.07) is 2.94. The fourth-order valence-electron chi connectivity index (χ4n) is 2.62. The Morgan fingerprint density at radius 1 is 1.30 bits per heavy atom. The van der Waals surface area contributed by atoms with Crippen LogP contribution in [0.2, 0.25) is 0 Å². The van der Waals surface area contributed by atoms with Crippen molar-refractivity contribution in [1.82, 2.24) is 15.3 Å². The molecular formula is C15H12N4O4. The monoisotopic (exact) mass is 312 g/mol. The summed E-state index contributed by atoms with van der Waals surface area (Å²) in [6.45, 7) is 1.68. The zero-order valence-corrected chi connectivity index (χ0v) is 11.9. The molecule has 0 aromatic carbocycles. The minimum absolute atomic E-state index is 0.0180.